The van der Waals surface area contributed by atoms with Crippen molar-refractivity contribution >= 4 is 68.2 Å². The van der Waals surface area contributed by atoms with Crippen molar-refractivity contribution in [3.05, 3.63) is 123 Å². The first-order valence-electron chi connectivity index (χ1n) is 12.1. The first-order chi connectivity index (χ1) is 19.8. The van der Waals surface area contributed by atoms with Crippen LogP contribution < -0.4 is 10.6 Å². The molecule has 1 aliphatic heterocycles. The largest absolute Gasteiger partial charge is 0.481 e. The van der Waals surface area contributed by atoms with E-state index in [0.717, 1.165) is 18.1 Å². The first kappa shape index (κ1) is 34.3. The zero-order valence-corrected chi connectivity index (χ0v) is 25.6. The highest BCUT2D eigenvalue weighted by atomic mass is 79.9. The van der Waals surface area contributed by atoms with Gasteiger partial charge in [-0.15, -0.1) is 0 Å². The van der Waals surface area contributed by atoms with Gasteiger partial charge in [-0.25, -0.2) is 13.8 Å². The third kappa shape index (κ3) is 10.2. The molecule has 0 atom stereocenters. The molecular formula is C30H26BrCl2F2N3O4. The van der Waals surface area contributed by atoms with Crippen LogP contribution in [0.15, 0.2) is 78.9 Å². The van der Waals surface area contributed by atoms with Crippen molar-refractivity contribution < 1.29 is 28.3 Å². The van der Waals surface area contributed by atoms with E-state index in [2.05, 4.69) is 20.9 Å². The Labute approximate surface area is 260 Å². The van der Waals surface area contributed by atoms with E-state index in [1.165, 1.54) is 30.0 Å². The van der Waals surface area contributed by atoms with Crippen molar-refractivity contribution in [3.63, 3.8) is 0 Å². The van der Waals surface area contributed by atoms with Crippen LogP contribution in [-0.2, 0) is 16.7 Å². The van der Waals surface area contributed by atoms with Gasteiger partial charge in [-0.2, -0.15) is 0 Å². The number of para-hydroxylation sites is 2. The minimum absolute atomic E-state index is 0.0630. The topological polar surface area (TPSA) is 114 Å². The molecule has 2 heterocycles. The average Bonchev–Trinajstić information content (AvgIpc) is 3.26. The summed E-state index contributed by atoms with van der Waals surface area (Å²) in [6.07, 6.45) is 0. The van der Waals surface area contributed by atoms with Crippen molar-refractivity contribution in [1.82, 2.24) is 4.98 Å². The predicted molar refractivity (Wildman–Crippen MR) is 164 cm³/mol. The van der Waals surface area contributed by atoms with Gasteiger partial charge in [0.25, 0.3) is 11.9 Å². The molecule has 0 bridgehead atoms. The third-order valence-corrected chi connectivity index (χ3v) is 6.40. The summed E-state index contributed by atoms with van der Waals surface area (Å²) in [6, 6.07) is 21.0. The molecule has 0 fully saturated rings. The lowest BCUT2D eigenvalue weighted by Gasteiger charge is -2.16. The molecule has 3 N–H and O–H groups in total. The molecule has 3 aromatic carbocycles. The smallest absolute Gasteiger partial charge is 0.300 e. The van der Waals surface area contributed by atoms with Gasteiger partial charge >= 0.3 is 0 Å². The number of nitrogens with two attached hydrogens (primary N) is 1. The molecule has 4 aromatic rings. The van der Waals surface area contributed by atoms with Gasteiger partial charge in [0.1, 0.15) is 22.5 Å². The van der Waals surface area contributed by atoms with E-state index < -0.39 is 11.8 Å². The number of benzene rings is 3. The van der Waals surface area contributed by atoms with E-state index in [4.69, 9.17) is 38.8 Å². The molecule has 12 heteroatoms. The SMILES string of the molecule is CC(=O)O.CC(=O)c1nc(Cl)ccc1CBr.Nc1ccccc1F.O=C1c2cc(Cl)ccc2CN1c1ccccc1F. The lowest BCUT2D eigenvalue weighted by Crippen LogP contribution is -2.23. The van der Waals surface area contributed by atoms with Crippen LogP contribution in [0.5, 0.6) is 0 Å². The summed E-state index contributed by atoms with van der Waals surface area (Å²) in [7, 11) is 0. The number of aromatic nitrogens is 1. The second kappa shape index (κ2) is 16.5. The number of aliphatic carboxylic acids is 1. The Morgan fingerprint density at radius 2 is 1.57 bits per heavy atom. The molecule has 0 aliphatic carbocycles. The summed E-state index contributed by atoms with van der Waals surface area (Å²) >= 11 is 14.8. The summed E-state index contributed by atoms with van der Waals surface area (Å²) in [5.74, 6) is -1.86. The van der Waals surface area contributed by atoms with Gasteiger partial charge in [0.2, 0.25) is 0 Å². The molecule has 0 unspecified atom stereocenters. The number of nitrogens with zero attached hydrogens (tertiary/aromatic N) is 2. The van der Waals surface area contributed by atoms with Gasteiger partial charge in [-0.1, -0.05) is 75.5 Å². The highest BCUT2D eigenvalue weighted by Gasteiger charge is 2.29. The zero-order chi connectivity index (χ0) is 31.4. The Balaban J connectivity index is 0.000000222. The summed E-state index contributed by atoms with van der Waals surface area (Å²) < 4.78 is 25.9. The molecule has 220 valence electrons. The summed E-state index contributed by atoms with van der Waals surface area (Å²) in [6.45, 7) is 2.94. The minimum atomic E-state index is -0.833. The Kier molecular flexibility index (Phi) is 13.5. The summed E-state index contributed by atoms with van der Waals surface area (Å²) in [4.78, 5) is 37.6. The van der Waals surface area contributed by atoms with Crippen LogP contribution in [-0.4, -0.2) is 27.8 Å². The number of carboxylic acid groups (broad SMARTS) is 1. The molecule has 1 amide bonds. The van der Waals surface area contributed by atoms with Gasteiger partial charge in [0, 0.05) is 29.8 Å². The lowest BCUT2D eigenvalue weighted by atomic mass is 10.1. The number of ketones is 1. The Morgan fingerprint density at radius 3 is 2.10 bits per heavy atom. The fraction of sp³-hybridized carbons (Fsp3) is 0.133. The zero-order valence-electron chi connectivity index (χ0n) is 22.5. The number of fused-ring (bicyclic) bond motifs is 1. The highest BCUT2D eigenvalue weighted by molar-refractivity contribution is 9.08. The van der Waals surface area contributed by atoms with Gasteiger partial charge < -0.3 is 15.7 Å². The molecule has 1 aromatic heterocycles. The van der Waals surface area contributed by atoms with Crippen LogP contribution in [0.1, 0.15) is 45.8 Å². The van der Waals surface area contributed by atoms with E-state index >= 15 is 0 Å². The van der Waals surface area contributed by atoms with Crippen molar-refractivity contribution in [1.29, 1.82) is 0 Å². The Morgan fingerprint density at radius 1 is 0.976 bits per heavy atom. The number of anilines is 2. The molecule has 5 rings (SSSR count). The Bertz CT molecular complexity index is 1550. The number of rotatable bonds is 3. The maximum atomic E-state index is 13.7. The number of Topliss-reactive ketones (excluding diaryl/α,β-unsaturated/α-hetero) is 1. The van der Waals surface area contributed by atoms with Crippen molar-refractivity contribution in [2.24, 2.45) is 0 Å². The number of hydrogen-bond acceptors (Lipinski definition) is 5. The number of carboxylic acids is 1. The number of carbonyl (C=O) groups is 3. The van der Waals surface area contributed by atoms with Crippen LogP contribution in [0.4, 0.5) is 20.2 Å². The molecule has 0 spiro atoms. The monoisotopic (exact) mass is 679 g/mol. The van der Waals surface area contributed by atoms with E-state index in [1.807, 2.05) is 0 Å². The molecule has 0 saturated heterocycles. The molecule has 0 radical (unpaired) electrons. The van der Waals surface area contributed by atoms with Crippen LogP contribution in [0.3, 0.4) is 0 Å². The molecule has 1 aliphatic rings. The van der Waals surface area contributed by atoms with E-state index in [-0.39, 0.29) is 23.2 Å². The number of carbonyl (C=O) groups excluding carboxylic acids is 2. The molecule has 7 nitrogen and oxygen atoms in total. The molecule has 42 heavy (non-hydrogen) atoms. The summed E-state index contributed by atoms with van der Waals surface area (Å²) in [5.41, 5.74) is 8.37. The van der Waals surface area contributed by atoms with Crippen LogP contribution >= 0.6 is 39.1 Å². The second-order valence-corrected chi connectivity index (χ2v) is 9.90. The Hall–Kier alpha value is -3.86. The maximum Gasteiger partial charge on any atom is 0.300 e. The maximum absolute atomic E-state index is 13.7. The molecular weight excluding hydrogens is 655 g/mol. The summed E-state index contributed by atoms with van der Waals surface area (Å²) in [5, 5.41) is 8.90. The number of alkyl halides is 1. The van der Waals surface area contributed by atoms with E-state index in [1.54, 1.807) is 60.7 Å². The third-order valence-electron chi connectivity index (χ3n) is 5.35. The van der Waals surface area contributed by atoms with Crippen molar-refractivity contribution in [2.45, 2.75) is 25.7 Å². The minimum Gasteiger partial charge on any atom is -0.481 e. The van der Waals surface area contributed by atoms with E-state index in [0.29, 0.717) is 39.0 Å². The van der Waals surface area contributed by atoms with Crippen LogP contribution in [0.25, 0.3) is 0 Å². The number of amides is 1. The number of pyridine rings is 1. The van der Waals surface area contributed by atoms with Crippen molar-refractivity contribution in [2.75, 3.05) is 10.6 Å². The standard InChI is InChI=1S/C14H9ClFNO.C8H7BrClNO.C6H6FN.C2H4O2/c15-10-6-5-9-8-17(14(18)11(9)7-10)13-4-2-1-3-12(13)16;1-5(12)8-6(4-9)2-3-7(10)11-8;7-5-3-1-2-4-6(5)8;1-2(3)4/h1-7H,8H2;2-3H,4H2,1H3;1-4H,8H2;1H3,(H,3,4). The average molecular weight is 681 g/mol. The van der Waals surface area contributed by atoms with E-state index in [9.17, 15) is 18.4 Å². The van der Waals surface area contributed by atoms with Gasteiger partial charge in [-0.05, 0) is 53.6 Å². The van der Waals surface area contributed by atoms with Crippen LogP contribution in [0, 0.1) is 11.6 Å². The highest BCUT2D eigenvalue weighted by Crippen LogP contribution is 2.31. The fourth-order valence-corrected chi connectivity index (χ4v) is 4.26. The number of halogens is 5. The quantitative estimate of drug-likeness (QED) is 0.0982. The van der Waals surface area contributed by atoms with Crippen molar-refractivity contribution in [3.8, 4) is 0 Å². The number of nitrogen functional groups attached to an aromatic ring is 1. The lowest BCUT2D eigenvalue weighted by molar-refractivity contribution is -0.134. The molecule has 0 saturated carbocycles. The van der Waals surface area contributed by atoms with Gasteiger partial charge in [-0.3, -0.25) is 14.4 Å². The van der Waals surface area contributed by atoms with Crippen LogP contribution in [0.2, 0.25) is 10.2 Å². The second-order valence-electron chi connectivity index (χ2n) is 8.52. The van der Waals surface area contributed by atoms with Gasteiger partial charge in [0.05, 0.1) is 17.9 Å². The van der Waals surface area contributed by atoms with Gasteiger partial charge in [0.15, 0.2) is 5.78 Å². The normalized spacial score (nSPS) is 11.1. The predicted octanol–water partition coefficient (Wildman–Crippen LogP) is 7.97. The first-order valence-corrected chi connectivity index (χ1v) is 14.0. The number of hydrogen-bond donors (Lipinski definition) is 2. The fourth-order valence-electron chi connectivity index (χ4n) is 3.49.